The minimum Gasteiger partial charge on any atom is -0.353 e. The SMILES string of the molecule is O=C(c1ccc(N2CCN(c3ccccn3)CC2)nn1)N1CCCCC1. The number of carbonyl (C=O) groups excluding carboxylic acids is 1. The average Bonchev–Trinajstić information content (AvgIpc) is 2.75. The minimum absolute atomic E-state index is 0.00345. The molecule has 4 rings (SSSR count). The molecule has 136 valence electrons. The predicted octanol–water partition coefficient (Wildman–Crippen LogP) is 1.82. The Labute approximate surface area is 153 Å². The molecular formula is C19H24N6O. The average molecular weight is 352 g/mol. The first-order chi connectivity index (χ1) is 12.8. The lowest BCUT2D eigenvalue weighted by molar-refractivity contribution is 0.0717. The number of hydrogen-bond acceptors (Lipinski definition) is 6. The van der Waals surface area contributed by atoms with E-state index in [0.29, 0.717) is 5.69 Å². The van der Waals surface area contributed by atoms with Crippen LogP contribution in [-0.4, -0.2) is 65.3 Å². The molecule has 2 aromatic heterocycles. The smallest absolute Gasteiger partial charge is 0.274 e. The Hall–Kier alpha value is -2.70. The van der Waals surface area contributed by atoms with Gasteiger partial charge >= 0.3 is 0 Å². The van der Waals surface area contributed by atoms with Crippen LogP contribution in [0, 0.1) is 0 Å². The summed E-state index contributed by atoms with van der Waals surface area (Å²) < 4.78 is 0. The minimum atomic E-state index is 0.00345. The predicted molar refractivity (Wildman–Crippen MR) is 100 cm³/mol. The fourth-order valence-electron chi connectivity index (χ4n) is 3.57. The molecule has 0 unspecified atom stereocenters. The third-order valence-corrected chi connectivity index (χ3v) is 5.09. The number of aromatic nitrogens is 3. The first-order valence-electron chi connectivity index (χ1n) is 9.35. The molecule has 0 saturated carbocycles. The fourth-order valence-corrected chi connectivity index (χ4v) is 3.57. The van der Waals surface area contributed by atoms with E-state index in [1.54, 1.807) is 0 Å². The maximum atomic E-state index is 12.5. The fraction of sp³-hybridized carbons (Fsp3) is 0.474. The summed E-state index contributed by atoms with van der Waals surface area (Å²) in [6, 6.07) is 9.71. The van der Waals surface area contributed by atoms with Crippen molar-refractivity contribution in [2.75, 3.05) is 49.1 Å². The Morgan fingerprint density at radius 1 is 0.769 bits per heavy atom. The highest BCUT2D eigenvalue weighted by molar-refractivity contribution is 5.92. The molecule has 7 heteroatoms. The Morgan fingerprint density at radius 3 is 2.12 bits per heavy atom. The number of likely N-dealkylation sites (tertiary alicyclic amines) is 1. The number of rotatable bonds is 3. The van der Waals surface area contributed by atoms with Gasteiger partial charge < -0.3 is 14.7 Å². The second-order valence-corrected chi connectivity index (χ2v) is 6.79. The van der Waals surface area contributed by atoms with Gasteiger partial charge in [0.1, 0.15) is 5.82 Å². The van der Waals surface area contributed by atoms with Gasteiger partial charge in [-0.05, 0) is 43.5 Å². The number of anilines is 2. The molecule has 2 aromatic rings. The van der Waals surface area contributed by atoms with Crippen LogP contribution < -0.4 is 9.80 Å². The van der Waals surface area contributed by atoms with E-state index in [1.165, 1.54) is 6.42 Å². The molecule has 0 N–H and O–H groups in total. The van der Waals surface area contributed by atoms with Crippen molar-refractivity contribution in [2.24, 2.45) is 0 Å². The second kappa shape index (κ2) is 7.68. The van der Waals surface area contributed by atoms with E-state index in [0.717, 1.165) is 63.7 Å². The number of amides is 1. The van der Waals surface area contributed by atoms with Crippen molar-refractivity contribution in [3.8, 4) is 0 Å². The number of piperazine rings is 1. The molecular weight excluding hydrogens is 328 g/mol. The summed E-state index contributed by atoms with van der Waals surface area (Å²) in [4.78, 5) is 23.3. The van der Waals surface area contributed by atoms with Crippen molar-refractivity contribution < 1.29 is 4.79 Å². The van der Waals surface area contributed by atoms with Crippen LogP contribution in [0.2, 0.25) is 0 Å². The van der Waals surface area contributed by atoms with Gasteiger partial charge in [0.25, 0.3) is 5.91 Å². The Balaban J connectivity index is 1.36. The molecule has 0 aromatic carbocycles. The van der Waals surface area contributed by atoms with Gasteiger partial charge in [-0.1, -0.05) is 6.07 Å². The van der Waals surface area contributed by atoms with Gasteiger partial charge in [-0.15, -0.1) is 10.2 Å². The molecule has 0 bridgehead atoms. The van der Waals surface area contributed by atoms with Crippen molar-refractivity contribution >= 4 is 17.5 Å². The van der Waals surface area contributed by atoms with Crippen molar-refractivity contribution in [3.63, 3.8) is 0 Å². The topological polar surface area (TPSA) is 65.5 Å². The Kier molecular flexibility index (Phi) is 4.95. The van der Waals surface area contributed by atoms with Gasteiger partial charge in [-0.25, -0.2) is 4.98 Å². The van der Waals surface area contributed by atoms with Crippen molar-refractivity contribution in [1.82, 2.24) is 20.1 Å². The summed E-state index contributed by atoms with van der Waals surface area (Å²) in [5, 5.41) is 8.51. The first kappa shape index (κ1) is 16.8. The molecule has 26 heavy (non-hydrogen) atoms. The molecule has 2 saturated heterocycles. The lowest BCUT2D eigenvalue weighted by atomic mass is 10.1. The summed E-state index contributed by atoms with van der Waals surface area (Å²) in [5.41, 5.74) is 0.447. The molecule has 7 nitrogen and oxygen atoms in total. The molecule has 1 amide bonds. The highest BCUT2D eigenvalue weighted by Gasteiger charge is 2.22. The molecule has 2 fully saturated rings. The summed E-state index contributed by atoms with van der Waals surface area (Å²) in [5.74, 6) is 1.85. The normalized spacial score (nSPS) is 18.1. The van der Waals surface area contributed by atoms with Crippen LogP contribution in [0.5, 0.6) is 0 Å². The van der Waals surface area contributed by atoms with Gasteiger partial charge in [0.15, 0.2) is 11.5 Å². The van der Waals surface area contributed by atoms with Crippen LogP contribution in [0.25, 0.3) is 0 Å². The second-order valence-electron chi connectivity index (χ2n) is 6.79. The quantitative estimate of drug-likeness (QED) is 0.840. The zero-order valence-corrected chi connectivity index (χ0v) is 14.9. The van der Waals surface area contributed by atoms with Crippen LogP contribution in [0.15, 0.2) is 36.5 Å². The van der Waals surface area contributed by atoms with E-state index in [9.17, 15) is 4.79 Å². The van der Waals surface area contributed by atoms with Gasteiger partial charge in [-0.2, -0.15) is 0 Å². The largest absolute Gasteiger partial charge is 0.353 e. The summed E-state index contributed by atoms with van der Waals surface area (Å²) in [7, 11) is 0. The number of pyridine rings is 1. The number of hydrogen-bond donors (Lipinski definition) is 0. The van der Waals surface area contributed by atoms with E-state index in [4.69, 9.17) is 0 Å². The van der Waals surface area contributed by atoms with Crippen LogP contribution in [0.4, 0.5) is 11.6 Å². The van der Waals surface area contributed by atoms with Gasteiger partial charge in [-0.3, -0.25) is 4.79 Å². The molecule has 0 radical (unpaired) electrons. The van der Waals surface area contributed by atoms with E-state index < -0.39 is 0 Å². The van der Waals surface area contributed by atoms with E-state index in [2.05, 4.69) is 25.0 Å². The summed E-state index contributed by atoms with van der Waals surface area (Å²) in [6.07, 6.45) is 5.19. The molecule has 0 spiro atoms. The highest BCUT2D eigenvalue weighted by Crippen LogP contribution is 2.18. The molecule has 0 atom stereocenters. The third kappa shape index (κ3) is 3.61. The van der Waals surface area contributed by atoms with E-state index in [-0.39, 0.29) is 5.91 Å². The molecule has 4 heterocycles. The lowest BCUT2D eigenvalue weighted by Gasteiger charge is -2.35. The van der Waals surface area contributed by atoms with Crippen LogP contribution in [0.1, 0.15) is 29.8 Å². The van der Waals surface area contributed by atoms with Gasteiger partial charge in [0, 0.05) is 45.5 Å². The number of nitrogens with zero attached hydrogens (tertiary/aromatic N) is 6. The van der Waals surface area contributed by atoms with Crippen molar-refractivity contribution in [3.05, 3.63) is 42.2 Å². The van der Waals surface area contributed by atoms with Crippen LogP contribution in [0.3, 0.4) is 0 Å². The highest BCUT2D eigenvalue weighted by atomic mass is 16.2. The monoisotopic (exact) mass is 352 g/mol. The number of carbonyl (C=O) groups is 1. The lowest BCUT2D eigenvalue weighted by Crippen LogP contribution is -2.47. The van der Waals surface area contributed by atoms with Crippen LogP contribution in [-0.2, 0) is 0 Å². The molecule has 2 aliphatic rings. The number of piperidine rings is 1. The standard InChI is InChI=1S/C19H24N6O/c26-19(25-10-4-1-5-11-25)16-7-8-18(22-21-16)24-14-12-23(13-15-24)17-6-2-3-9-20-17/h2-3,6-9H,1,4-5,10-15H2. The maximum absolute atomic E-state index is 12.5. The van der Waals surface area contributed by atoms with Gasteiger partial charge in [0.2, 0.25) is 0 Å². The summed E-state index contributed by atoms with van der Waals surface area (Å²) in [6.45, 7) is 5.19. The van der Waals surface area contributed by atoms with E-state index >= 15 is 0 Å². The zero-order valence-electron chi connectivity index (χ0n) is 14.9. The molecule has 2 aliphatic heterocycles. The van der Waals surface area contributed by atoms with Gasteiger partial charge in [0.05, 0.1) is 0 Å². The van der Waals surface area contributed by atoms with Crippen molar-refractivity contribution in [2.45, 2.75) is 19.3 Å². The zero-order chi connectivity index (χ0) is 17.8. The maximum Gasteiger partial charge on any atom is 0.274 e. The Morgan fingerprint density at radius 2 is 1.50 bits per heavy atom. The van der Waals surface area contributed by atoms with E-state index in [1.807, 2.05) is 41.4 Å². The van der Waals surface area contributed by atoms with Crippen LogP contribution >= 0.6 is 0 Å². The summed E-state index contributed by atoms with van der Waals surface area (Å²) >= 11 is 0. The Bertz CT molecular complexity index is 721. The molecule has 0 aliphatic carbocycles. The van der Waals surface area contributed by atoms with Crippen molar-refractivity contribution in [1.29, 1.82) is 0 Å². The first-order valence-corrected chi connectivity index (χ1v) is 9.35. The third-order valence-electron chi connectivity index (χ3n) is 5.09.